The minimum atomic E-state index is -0.418. The van der Waals surface area contributed by atoms with Gasteiger partial charge in [0.05, 0.1) is 5.69 Å². The molecule has 1 fully saturated rings. The first-order chi connectivity index (χ1) is 11.6. The molecule has 2 heterocycles. The van der Waals surface area contributed by atoms with Crippen LogP contribution < -0.4 is 5.73 Å². The van der Waals surface area contributed by atoms with Crippen LogP contribution in [0.2, 0.25) is 0 Å². The lowest BCUT2D eigenvalue weighted by Crippen LogP contribution is -2.42. The van der Waals surface area contributed by atoms with Gasteiger partial charge in [0.1, 0.15) is 5.01 Å². The quantitative estimate of drug-likeness (QED) is 0.873. The van der Waals surface area contributed by atoms with Crippen molar-refractivity contribution < 1.29 is 9.90 Å². The molecular formula is C18H23N3O2S. The number of piperidine rings is 1. The second kappa shape index (κ2) is 7.42. The Balaban J connectivity index is 1.70. The fourth-order valence-corrected chi connectivity index (χ4v) is 3.95. The highest BCUT2D eigenvalue weighted by Crippen LogP contribution is 2.27. The molecule has 1 aliphatic rings. The molecule has 128 valence electrons. The minimum Gasteiger partial charge on any atom is -0.396 e. The van der Waals surface area contributed by atoms with E-state index in [4.69, 9.17) is 10.7 Å². The third-order valence-electron chi connectivity index (χ3n) is 4.70. The van der Waals surface area contributed by atoms with E-state index in [2.05, 4.69) is 17.2 Å². The summed E-state index contributed by atoms with van der Waals surface area (Å²) in [5.41, 5.74) is 7.83. The summed E-state index contributed by atoms with van der Waals surface area (Å²) in [5, 5.41) is 12.4. The number of hydrogen-bond donors (Lipinski definition) is 2. The average molecular weight is 345 g/mol. The van der Waals surface area contributed by atoms with Gasteiger partial charge in [-0.1, -0.05) is 12.1 Å². The lowest BCUT2D eigenvalue weighted by Gasteiger charge is -2.36. The molecule has 0 radical (unpaired) electrons. The second-order valence-corrected chi connectivity index (χ2v) is 7.35. The summed E-state index contributed by atoms with van der Waals surface area (Å²) >= 11 is 1.61. The van der Waals surface area contributed by atoms with Gasteiger partial charge in [0.15, 0.2) is 0 Å². The molecule has 5 nitrogen and oxygen atoms in total. The van der Waals surface area contributed by atoms with Crippen LogP contribution in [0.25, 0.3) is 10.6 Å². The van der Waals surface area contributed by atoms with Crippen LogP contribution in [-0.2, 0) is 6.54 Å². The molecule has 3 rings (SSSR count). The molecule has 1 saturated heterocycles. The number of rotatable bonds is 5. The summed E-state index contributed by atoms with van der Waals surface area (Å²) in [6.07, 6.45) is 2.22. The lowest BCUT2D eigenvalue weighted by molar-refractivity contribution is 0.0763. The number of likely N-dealkylation sites (tertiary alicyclic amines) is 1. The maximum Gasteiger partial charge on any atom is 0.248 e. The van der Waals surface area contributed by atoms with E-state index in [9.17, 15) is 9.90 Å². The Morgan fingerprint density at radius 1 is 1.38 bits per heavy atom. The van der Waals surface area contributed by atoms with Gasteiger partial charge < -0.3 is 10.8 Å². The Bertz CT molecular complexity index is 699. The van der Waals surface area contributed by atoms with Crippen molar-refractivity contribution in [2.75, 3.05) is 13.2 Å². The number of thiazole rings is 1. The van der Waals surface area contributed by atoms with Crippen molar-refractivity contribution in [3.8, 4) is 10.6 Å². The number of hydrogen-bond acceptors (Lipinski definition) is 5. The van der Waals surface area contributed by atoms with E-state index < -0.39 is 5.91 Å². The monoisotopic (exact) mass is 345 g/mol. The Labute approximate surface area is 146 Å². The number of carbonyl (C=O) groups excluding carboxylic acids is 1. The van der Waals surface area contributed by atoms with Crippen molar-refractivity contribution in [2.45, 2.75) is 32.4 Å². The molecule has 6 heteroatoms. The molecule has 1 amide bonds. The summed E-state index contributed by atoms with van der Waals surface area (Å²) in [6.45, 7) is 4.24. The lowest BCUT2D eigenvalue weighted by atomic mass is 9.94. The molecular weight excluding hydrogens is 322 g/mol. The molecule has 2 aromatic rings. The van der Waals surface area contributed by atoms with Gasteiger partial charge in [0.2, 0.25) is 5.91 Å². The Morgan fingerprint density at radius 2 is 2.12 bits per heavy atom. The zero-order chi connectivity index (χ0) is 17.1. The highest BCUT2D eigenvalue weighted by atomic mass is 32.1. The van der Waals surface area contributed by atoms with Gasteiger partial charge in [-0.15, -0.1) is 11.3 Å². The SMILES string of the molecule is CC1CCC(CO)CN1Cc1csc(-c2ccc(C(N)=O)cc2)n1. The molecule has 0 bridgehead atoms. The fraction of sp³-hybridized carbons (Fsp3) is 0.444. The van der Waals surface area contributed by atoms with Crippen molar-refractivity contribution in [1.82, 2.24) is 9.88 Å². The van der Waals surface area contributed by atoms with Gasteiger partial charge in [-0.3, -0.25) is 9.69 Å². The number of carbonyl (C=O) groups is 1. The van der Waals surface area contributed by atoms with Gasteiger partial charge >= 0.3 is 0 Å². The number of aliphatic hydroxyl groups is 1. The largest absolute Gasteiger partial charge is 0.396 e. The number of benzene rings is 1. The van der Waals surface area contributed by atoms with E-state index in [1.165, 1.54) is 0 Å². The molecule has 2 atom stereocenters. The van der Waals surface area contributed by atoms with Gasteiger partial charge in [-0.25, -0.2) is 4.98 Å². The number of aromatic nitrogens is 1. The Hall–Kier alpha value is -1.76. The van der Waals surface area contributed by atoms with Crippen LogP contribution in [0.3, 0.4) is 0 Å². The van der Waals surface area contributed by atoms with Crippen LogP contribution in [0.1, 0.15) is 35.8 Å². The van der Waals surface area contributed by atoms with Crippen LogP contribution in [0, 0.1) is 5.92 Å². The Kier molecular flexibility index (Phi) is 5.28. The summed E-state index contributed by atoms with van der Waals surface area (Å²) in [6, 6.07) is 7.75. The normalized spacial score (nSPS) is 21.8. The molecule has 1 aliphatic heterocycles. The van der Waals surface area contributed by atoms with Crippen LogP contribution in [0.15, 0.2) is 29.6 Å². The van der Waals surface area contributed by atoms with Gasteiger partial charge in [-0.2, -0.15) is 0 Å². The molecule has 0 spiro atoms. The zero-order valence-corrected chi connectivity index (χ0v) is 14.6. The molecule has 1 aromatic heterocycles. The minimum absolute atomic E-state index is 0.262. The van der Waals surface area contributed by atoms with Crippen molar-refractivity contribution >= 4 is 17.2 Å². The van der Waals surface area contributed by atoms with Crippen molar-refractivity contribution in [1.29, 1.82) is 0 Å². The number of nitrogens with two attached hydrogens (primary N) is 1. The van der Waals surface area contributed by atoms with Gasteiger partial charge in [0.25, 0.3) is 0 Å². The predicted molar refractivity (Wildman–Crippen MR) is 95.7 cm³/mol. The van der Waals surface area contributed by atoms with Crippen molar-refractivity contribution in [3.63, 3.8) is 0 Å². The first-order valence-electron chi connectivity index (χ1n) is 8.26. The third-order valence-corrected chi connectivity index (χ3v) is 5.64. The molecule has 0 saturated carbocycles. The van der Waals surface area contributed by atoms with Crippen LogP contribution in [0.4, 0.5) is 0 Å². The van der Waals surface area contributed by atoms with Crippen molar-refractivity contribution in [3.05, 3.63) is 40.9 Å². The molecule has 0 aliphatic carbocycles. The predicted octanol–water partition coefficient (Wildman–Crippen LogP) is 2.50. The summed E-state index contributed by atoms with van der Waals surface area (Å²) in [7, 11) is 0. The maximum absolute atomic E-state index is 11.1. The zero-order valence-electron chi connectivity index (χ0n) is 13.8. The van der Waals surface area contributed by atoms with Gasteiger partial charge in [0, 0.05) is 42.2 Å². The van der Waals surface area contributed by atoms with Crippen LogP contribution >= 0.6 is 11.3 Å². The van der Waals surface area contributed by atoms with E-state index in [1.807, 2.05) is 12.1 Å². The smallest absolute Gasteiger partial charge is 0.248 e. The number of primary amides is 1. The first kappa shape index (κ1) is 17.1. The number of amides is 1. The summed E-state index contributed by atoms with van der Waals surface area (Å²) < 4.78 is 0. The maximum atomic E-state index is 11.1. The van der Waals surface area contributed by atoms with Crippen LogP contribution in [-0.4, -0.2) is 40.1 Å². The molecule has 3 N–H and O–H groups in total. The molecule has 2 unspecified atom stereocenters. The highest BCUT2D eigenvalue weighted by molar-refractivity contribution is 7.13. The van der Waals surface area contributed by atoms with Gasteiger partial charge in [-0.05, 0) is 37.8 Å². The van der Waals surface area contributed by atoms with Crippen LogP contribution in [0.5, 0.6) is 0 Å². The van der Waals surface area contributed by atoms with Crippen molar-refractivity contribution in [2.24, 2.45) is 11.7 Å². The molecule has 24 heavy (non-hydrogen) atoms. The first-order valence-corrected chi connectivity index (χ1v) is 9.14. The fourth-order valence-electron chi connectivity index (χ4n) is 3.13. The number of aliphatic hydroxyl groups excluding tert-OH is 1. The Morgan fingerprint density at radius 3 is 2.79 bits per heavy atom. The second-order valence-electron chi connectivity index (χ2n) is 6.49. The topological polar surface area (TPSA) is 79.5 Å². The average Bonchev–Trinajstić information content (AvgIpc) is 3.05. The van der Waals surface area contributed by atoms with E-state index in [0.717, 1.165) is 42.2 Å². The highest BCUT2D eigenvalue weighted by Gasteiger charge is 2.25. The molecule has 1 aromatic carbocycles. The summed E-state index contributed by atoms with van der Waals surface area (Å²) in [5.74, 6) is -0.0421. The third kappa shape index (κ3) is 3.83. The van der Waals surface area contributed by atoms with E-state index in [-0.39, 0.29) is 6.61 Å². The van der Waals surface area contributed by atoms with E-state index >= 15 is 0 Å². The standard InChI is InChI=1S/C18H23N3O2S/c1-12-2-3-13(10-22)8-21(12)9-16-11-24-18(20-16)15-6-4-14(5-7-15)17(19)23/h4-7,11-13,22H,2-3,8-10H2,1H3,(H2,19,23). The number of nitrogens with zero attached hydrogens (tertiary/aromatic N) is 2. The van der Waals surface area contributed by atoms with E-state index in [0.29, 0.717) is 17.5 Å². The van der Waals surface area contributed by atoms with E-state index in [1.54, 1.807) is 23.5 Å². The summed E-state index contributed by atoms with van der Waals surface area (Å²) in [4.78, 5) is 18.3.